The average molecular weight is 1080 g/mol. The zero-order chi connectivity index (χ0) is 60.2. The molecule has 0 saturated heterocycles. The smallest absolute Gasteiger partial charge is 0.107 e. The molecule has 0 heterocycles. The molecule has 0 aromatic heterocycles. The number of ether oxygens (including phenoxy) is 10. The van der Waals surface area contributed by atoms with Crippen LogP contribution >= 0.6 is 0 Å². The van der Waals surface area contributed by atoms with Gasteiger partial charge in [-0.3, -0.25) is 0 Å². The Morgan fingerprint density at radius 2 is 0.933 bits per heavy atom. The predicted molar refractivity (Wildman–Crippen MR) is 331 cm³/mol. The van der Waals surface area contributed by atoms with Crippen molar-refractivity contribution in [2.24, 2.45) is 11.8 Å². The van der Waals surface area contributed by atoms with Gasteiger partial charge in [0.25, 0.3) is 0 Å². The molecule has 10 heteroatoms. The Hall–Kier alpha value is -1.36. The van der Waals surface area contributed by atoms with Crippen molar-refractivity contribution in [3.8, 4) is 12.3 Å². The zero-order valence-electron chi connectivity index (χ0n) is 55.8. The second-order valence-corrected chi connectivity index (χ2v) is 22.2. The van der Waals surface area contributed by atoms with Crippen LogP contribution in [0.3, 0.4) is 0 Å². The van der Waals surface area contributed by atoms with E-state index in [1.165, 1.54) is 51.4 Å². The Kier molecular flexibility index (Phi) is 85.0. The van der Waals surface area contributed by atoms with E-state index in [2.05, 4.69) is 116 Å². The van der Waals surface area contributed by atoms with E-state index in [0.29, 0.717) is 92.9 Å². The van der Waals surface area contributed by atoms with Gasteiger partial charge in [-0.25, -0.2) is 0 Å². The summed E-state index contributed by atoms with van der Waals surface area (Å²) >= 11 is 0. The Bertz CT molecular complexity index is 1040. The Balaban J connectivity index is -0.000000111. The van der Waals surface area contributed by atoms with E-state index in [0.717, 1.165) is 50.9 Å². The molecule has 0 atom stereocenters. The Labute approximate surface area is 472 Å². The van der Waals surface area contributed by atoms with Crippen molar-refractivity contribution in [3.05, 3.63) is 24.8 Å². The Morgan fingerprint density at radius 1 is 0.507 bits per heavy atom. The second-order valence-electron chi connectivity index (χ2n) is 22.2. The van der Waals surface area contributed by atoms with Gasteiger partial charge in [-0.2, -0.15) is 0 Å². The van der Waals surface area contributed by atoms with Crippen molar-refractivity contribution in [3.63, 3.8) is 0 Å². The van der Waals surface area contributed by atoms with E-state index in [-0.39, 0.29) is 6.10 Å². The molecule has 0 unspecified atom stereocenters. The Morgan fingerprint density at radius 3 is 1.13 bits per heavy atom. The molecule has 0 bridgehead atoms. The van der Waals surface area contributed by atoms with Gasteiger partial charge in [0, 0.05) is 33.0 Å². The molecular formula is C65H138O10. The lowest BCUT2D eigenvalue weighted by Gasteiger charge is -2.13. The van der Waals surface area contributed by atoms with Crippen molar-refractivity contribution in [1.29, 1.82) is 0 Å². The third kappa shape index (κ3) is 136. The van der Waals surface area contributed by atoms with E-state index < -0.39 is 0 Å². The highest BCUT2D eigenvalue weighted by molar-refractivity contribution is 4.87. The summed E-state index contributed by atoms with van der Waals surface area (Å²) in [6, 6.07) is 0. The van der Waals surface area contributed by atoms with E-state index in [4.69, 9.17) is 53.8 Å². The molecule has 2 aliphatic rings. The maximum Gasteiger partial charge on any atom is 0.107 e. The second kappa shape index (κ2) is 70.7. The van der Waals surface area contributed by atoms with Gasteiger partial charge in [-0.1, -0.05) is 71.1 Å². The minimum atomic E-state index is 0.260. The summed E-state index contributed by atoms with van der Waals surface area (Å²) in [6.45, 7) is 71.0. The van der Waals surface area contributed by atoms with Gasteiger partial charge in [-0.15, -0.1) is 13.0 Å². The summed E-state index contributed by atoms with van der Waals surface area (Å²) in [5.41, 5.74) is 1.08. The first kappa shape index (κ1) is 90.2. The van der Waals surface area contributed by atoms with Crippen LogP contribution in [0.25, 0.3) is 0 Å². The summed E-state index contributed by atoms with van der Waals surface area (Å²) in [7, 11) is 0. The lowest BCUT2D eigenvalue weighted by atomic mass is 10.2. The number of hydrogen-bond acceptors (Lipinski definition) is 10. The zero-order valence-corrected chi connectivity index (χ0v) is 55.8. The first-order valence-corrected chi connectivity index (χ1v) is 29.7. The lowest BCUT2D eigenvalue weighted by molar-refractivity contribution is 0.0126. The van der Waals surface area contributed by atoms with Crippen LogP contribution in [0.2, 0.25) is 0 Å². The van der Waals surface area contributed by atoms with Crippen molar-refractivity contribution in [1.82, 2.24) is 0 Å². The van der Waals surface area contributed by atoms with E-state index >= 15 is 0 Å². The van der Waals surface area contributed by atoms with Gasteiger partial charge in [-0.05, 0) is 217 Å². The molecule has 2 rings (SSSR count). The fourth-order valence-electron chi connectivity index (χ4n) is 4.89. The van der Waals surface area contributed by atoms with E-state index in [1.807, 2.05) is 96.9 Å². The molecule has 0 aromatic carbocycles. The van der Waals surface area contributed by atoms with Crippen LogP contribution in [0.1, 0.15) is 252 Å². The third-order valence-corrected chi connectivity index (χ3v) is 8.25. The molecule has 2 aliphatic carbocycles. The van der Waals surface area contributed by atoms with Gasteiger partial charge in [0.15, 0.2) is 0 Å². The van der Waals surface area contributed by atoms with Crippen LogP contribution < -0.4 is 0 Å². The SMILES string of the molecule is C#CCOC(C)C.C=C(C)COC(C)C.C=CCOC(C)C.CC(C)COC(C)C.CC(C)OC(C)C.CC(C)OC1CCCC1.CC(C)OCC1CC1.CCCCOC(C)C.CCCOC(C)C.CCOC(C)C. The van der Waals surface area contributed by atoms with Gasteiger partial charge in [0.2, 0.25) is 0 Å². The first-order valence-electron chi connectivity index (χ1n) is 29.7. The summed E-state index contributed by atoms with van der Waals surface area (Å²) in [5, 5.41) is 0. The molecule has 0 N–H and O–H groups in total. The van der Waals surface area contributed by atoms with Crippen LogP contribution in [0.15, 0.2) is 24.8 Å². The fraction of sp³-hybridized carbons (Fsp3) is 0.908. The highest BCUT2D eigenvalue weighted by atomic mass is 16.5. The topological polar surface area (TPSA) is 92.3 Å². The van der Waals surface area contributed by atoms with Gasteiger partial charge >= 0.3 is 0 Å². The maximum absolute atomic E-state index is 5.61. The van der Waals surface area contributed by atoms with Gasteiger partial charge < -0.3 is 47.4 Å². The molecule has 458 valence electrons. The monoisotopic (exact) mass is 1080 g/mol. The highest BCUT2D eigenvalue weighted by Crippen LogP contribution is 2.29. The number of terminal acetylenes is 1. The molecule has 10 nitrogen and oxygen atoms in total. The molecule has 0 radical (unpaired) electrons. The molecule has 0 amide bonds. The summed E-state index contributed by atoms with van der Waals surface area (Å²) < 4.78 is 52.3. The third-order valence-electron chi connectivity index (χ3n) is 8.25. The summed E-state index contributed by atoms with van der Waals surface area (Å²) in [5.74, 6) is 3.96. The summed E-state index contributed by atoms with van der Waals surface area (Å²) in [6.07, 6.45) is 23.0. The van der Waals surface area contributed by atoms with Crippen LogP contribution in [0, 0.1) is 24.2 Å². The number of unbranched alkanes of at least 4 members (excludes halogenated alkanes) is 1. The quantitative estimate of drug-likeness (QED) is 0.0450. The molecular weight excluding hydrogens is 941 g/mol. The normalized spacial score (nSPS) is 12.6. The van der Waals surface area contributed by atoms with E-state index in [1.54, 1.807) is 6.08 Å². The lowest BCUT2D eigenvalue weighted by Crippen LogP contribution is -2.13. The van der Waals surface area contributed by atoms with Crippen LogP contribution in [-0.2, 0) is 47.4 Å². The van der Waals surface area contributed by atoms with Gasteiger partial charge in [0.1, 0.15) is 6.61 Å². The van der Waals surface area contributed by atoms with Crippen molar-refractivity contribution < 1.29 is 47.4 Å². The first-order chi connectivity index (χ1) is 34.8. The van der Waals surface area contributed by atoms with Crippen LogP contribution in [0.4, 0.5) is 0 Å². The highest BCUT2D eigenvalue weighted by Gasteiger charge is 2.21. The molecule has 0 aromatic rings. The number of hydrogen-bond donors (Lipinski definition) is 0. The predicted octanol–water partition coefficient (Wildman–Crippen LogP) is 18.2. The van der Waals surface area contributed by atoms with Crippen molar-refractivity contribution in [2.45, 2.75) is 325 Å². The minimum Gasteiger partial charge on any atom is -0.379 e. The van der Waals surface area contributed by atoms with E-state index in [9.17, 15) is 0 Å². The van der Waals surface area contributed by atoms with Gasteiger partial charge in [0.05, 0.1) is 86.5 Å². The molecule has 75 heavy (non-hydrogen) atoms. The standard InChI is InChI=1S/C8H16O.C7H14O.C7H16O.C7H14O.C7H16O.2C6H14O.C6H12O.C6H10O.C5H12O/c1-7(2)9-8-5-3-4-6-8;1-6(2)8-5-7-3-4-7;2*1-6(2)5-8-7(3)4;1-4-5-6-8-7(2)3;1-5(2)7-6(3)4;3*1-4-5-7-6(2)3;1-4-6-5(2)3/h7-8H,3-6H2,1-2H3;6-7H,3-5H2,1-2H3;6-7H,5H2,1-4H3;7H,1,5H2,2-4H3;7H,4-6H2,1-3H3;5-6H,1-4H3;6H,4-5H2,1-3H3;4,6H,1,5H2,2-3H3;1,6H,5H2,2-3H3;5H,4H2,1-3H3. The molecule has 0 spiro atoms. The average Bonchev–Trinajstić information content (AvgIpc) is 3.99. The minimum absolute atomic E-state index is 0.260. The number of rotatable bonds is 27. The van der Waals surface area contributed by atoms with Crippen molar-refractivity contribution >= 4 is 0 Å². The molecule has 0 aliphatic heterocycles. The van der Waals surface area contributed by atoms with Crippen LogP contribution in [-0.4, -0.2) is 126 Å². The fourth-order valence-corrected chi connectivity index (χ4v) is 4.89. The largest absolute Gasteiger partial charge is 0.379 e. The molecule has 2 fully saturated rings. The maximum atomic E-state index is 5.61. The molecule has 2 saturated carbocycles. The van der Waals surface area contributed by atoms with Crippen LogP contribution in [0.5, 0.6) is 0 Å². The van der Waals surface area contributed by atoms with Crippen molar-refractivity contribution in [2.75, 3.05) is 52.9 Å². The summed E-state index contributed by atoms with van der Waals surface area (Å²) in [4.78, 5) is 0.